The van der Waals surface area contributed by atoms with Gasteiger partial charge in [0, 0.05) is 5.30 Å². The van der Waals surface area contributed by atoms with Crippen molar-refractivity contribution in [3.63, 3.8) is 0 Å². The van der Waals surface area contributed by atoms with Gasteiger partial charge >= 0.3 is 0 Å². The third-order valence-electron chi connectivity index (χ3n) is 6.91. The highest BCUT2D eigenvalue weighted by Crippen LogP contribution is 2.45. The fourth-order valence-corrected chi connectivity index (χ4v) is 5.59. The van der Waals surface area contributed by atoms with Gasteiger partial charge in [-0.3, -0.25) is 0 Å². The second-order valence-corrected chi connectivity index (χ2v) is 15.6. The van der Waals surface area contributed by atoms with Crippen molar-refractivity contribution in [2.24, 2.45) is 0 Å². The fraction of sp³-hybridized carbons (Fsp3) is 0.471. The van der Waals surface area contributed by atoms with Crippen LogP contribution in [0.25, 0.3) is 11.1 Å². The van der Waals surface area contributed by atoms with Crippen molar-refractivity contribution in [3.05, 3.63) is 82.9 Å². The second-order valence-electron chi connectivity index (χ2n) is 14.4. The lowest BCUT2D eigenvalue weighted by Crippen LogP contribution is -2.24. The Morgan fingerprint density at radius 2 is 1.03 bits per heavy atom. The first-order valence-corrected chi connectivity index (χ1v) is 14.6. The minimum absolute atomic E-state index is 0.0317. The smallest absolute Gasteiger partial charge is 0.262 e. The van der Waals surface area contributed by atoms with Crippen LogP contribution in [0.2, 0.25) is 0 Å². The van der Waals surface area contributed by atoms with E-state index in [0.29, 0.717) is 5.75 Å². The topological polar surface area (TPSA) is 29.5 Å². The largest absolute Gasteiger partial charge is 0.444 e. The molecule has 3 aromatic rings. The predicted octanol–water partition coefficient (Wildman–Crippen LogP) is 9.55. The zero-order valence-electron chi connectivity index (χ0n) is 25.1. The molecular weight excluding hydrogens is 471 g/mol. The second kappa shape index (κ2) is 10.2. The van der Waals surface area contributed by atoms with E-state index in [2.05, 4.69) is 119 Å². The van der Waals surface area contributed by atoms with E-state index in [1.165, 1.54) is 27.8 Å². The molecule has 3 aromatic carbocycles. The average Bonchev–Trinajstić information content (AvgIpc) is 2.76. The average molecular weight is 519 g/mol. The van der Waals surface area contributed by atoms with Gasteiger partial charge in [-0.05, 0) is 73.2 Å². The van der Waals surface area contributed by atoms with E-state index in [0.717, 1.165) is 10.9 Å². The molecular formula is C34H47O2P. The summed E-state index contributed by atoms with van der Waals surface area (Å²) in [6, 6.07) is 21.1. The van der Waals surface area contributed by atoms with Gasteiger partial charge < -0.3 is 9.42 Å². The first-order chi connectivity index (χ1) is 16.8. The van der Waals surface area contributed by atoms with E-state index in [1.54, 1.807) is 0 Å². The Balaban J connectivity index is 2.20. The summed E-state index contributed by atoms with van der Waals surface area (Å²) < 4.78 is 6.18. The maximum Gasteiger partial charge on any atom is 0.262 e. The van der Waals surface area contributed by atoms with Gasteiger partial charge in [0.1, 0.15) is 5.75 Å². The van der Waals surface area contributed by atoms with Gasteiger partial charge in [-0.15, -0.1) is 0 Å². The van der Waals surface area contributed by atoms with Gasteiger partial charge in [-0.25, -0.2) is 0 Å². The van der Waals surface area contributed by atoms with E-state index in [9.17, 15) is 4.89 Å². The van der Waals surface area contributed by atoms with Crippen molar-refractivity contribution >= 4 is 13.7 Å². The summed E-state index contributed by atoms with van der Waals surface area (Å²) in [5, 5.41) is 0.844. The maximum atomic E-state index is 11.5. The van der Waals surface area contributed by atoms with Gasteiger partial charge in [-0.2, -0.15) is 0 Å². The van der Waals surface area contributed by atoms with E-state index < -0.39 is 8.38 Å². The zero-order valence-corrected chi connectivity index (χ0v) is 26.0. The van der Waals surface area contributed by atoms with Crippen LogP contribution in [0, 0.1) is 0 Å². The number of rotatable bonds is 4. The van der Waals surface area contributed by atoms with Crippen molar-refractivity contribution in [1.82, 2.24) is 0 Å². The van der Waals surface area contributed by atoms with E-state index in [4.69, 9.17) is 4.52 Å². The van der Waals surface area contributed by atoms with Crippen LogP contribution >= 0.6 is 8.38 Å². The summed E-state index contributed by atoms with van der Waals surface area (Å²) in [5.41, 5.74) is 7.40. The third-order valence-corrected chi connectivity index (χ3v) is 8.10. The molecule has 0 saturated heterocycles. The van der Waals surface area contributed by atoms with Gasteiger partial charge in [0.25, 0.3) is 8.38 Å². The summed E-state index contributed by atoms with van der Waals surface area (Å²) >= 11 is 0. The molecule has 3 heteroatoms. The van der Waals surface area contributed by atoms with Crippen molar-refractivity contribution in [2.45, 2.75) is 105 Å². The molecule has 37 heavy (non-hydrogen) atoms. The van der Waals surface area contributed by atoms with Crippen molar-refractivity contribution in [2.75, 3.05) is 0 Å². The Morgan fingerprint density at radius 3 is 1.46 bits per heavy atom. The molecule has 2 nitrogen and oxygen atoms in total. The van der Waals surface area contributed by atoms with Crippen LogP contribution in [0.1, 0.15) is 105 Å². The van der Waals surface area contributed by atoms with E-state index >= 15 is 0 Å². The quantitative estimate of drug-likeness (QED) is 0.348. The molecule has 0 aliphatic rings. The van der Waals surface area contributed by atoms with Crippen molar-refractivity contribution in [1.29, 1.82) is 0 Å². The molecule has 1 N–H and O–H groups in total. The maximum absolute atomic E-state index is 11.5. The first kappa shape index (κ1) is 29.4. The monoisotopic (exact) mass is 518 g/mol. The predicted molar refractivity (Wildman–Crippen MR) is 163 cm³/mol. The number of hydrogen-bond donors (Lipinski definition) is 1. The molecule has 1 atom stereocenters. The lowest BCUT2D eigenvalue weighted by atomic mass is 9.71. The Labute approximate surface area is 227 Å². The molecule has 0 aliphatic carbocycles. The van der Waals surface area contributed by atoms with Crippen LogP contribution in [0.5, 0.6) is 5.75 Å². The highest BCUT2D eigenvalue weighted by Gasteiger charge is 2.31. The molecule has 0 aromatic heterocycles. The lowest BCUT2D eigenvalue weighted by Gasteiger charge is -2.34. The molecule has 0 heterocycles. The van der Waals surface area contributed by atoms with E-state index in [1.807, 2.05) is 24.3 Å². The highest BCUT2D eigenvalue weighted by atomic mass is 31.2. The van der Waals surface area contributed by atoms with Gasteiger partial charge in [-0.1, -0.05) is 126 Å². The summed E-state index contributed by atoms with van der Waals surface area (Å²) in [6.07, 6.45) is 0. The van der Waals surface area contributed by atoms with Crippen LogP contribution in [0.4, 0.5) is 0 Å². The molecule has 0 aliphatic heterocycles. The Bertz CT molecular complexity index is 1190. The SMILES string of the molecule is CC(C)(C)c1ccc(OP(O)c2ccccc2-c2c(C(C)(C)C)cc(C(C)(C)C)cc2C(C)(C)C)cc1. The summed E-state index contributed by atoms with van der Waals surface area (Å²) in [5.74, 6) is 0.687. The molecule has 3 rings (SSSR count). The third kappa shape index (κ3) is 6.84. The molecule has 0 amide bonds. The number of hydrogen-bond acceptors (Lipinski definition) is 2. The lowest BCUT2D eigenvalue weighted by molar-refractivity contribution is 0.498. The Hall–Kier alpha value is -2.15. The molecule has 200 valence electrons. The normalized spacial score (nSPS) is 14.0. The van der Waals surface area contributed by atoms with Crippen LogP contribution in [0.3, 0.4) is 0 Å². The van der Waals surface area contributed by atoms with Gasteiger partial charge in [0.2, 0.25) is 0 Å². The van der Waals surface area contributed by atoms with Crippen LogP contribution < -0.4 is 9.83 Å². The standard InChI is InChI=1S/C34H47O2P/c1-31(2,3)23-17-19-25(20-18-23)36-37(35)29-16-14-13-15-26(29)30-27(33(7,8)9)21-24(32(4,5)6)22-28(30)34(10,11)12/h13-22,35H,1-12H3. The summed E-state index contributed by atoms with van der Waals surface area (Å²) in [6.45, 7) is 27.1. The molecule has 1 unspecified atom stereocenters. The van der Waals surface area contributed by atoms with Crippen molar-refractivity contribution < 1.29 is 9.42 Å². The molecule has 0 fully saturated rings. The highest BCUT2D eigenvalue weighted by molar-refractivity contribution is 7.55. The van der Waals surface area contributed by atoms with Gasteiger partial charge in [0.05, 0.1) is 0 Å². The number of benzene rings is 3. The van der Waals surface area contributed by atoms with Crippen LogP contribution in [-0.2, 0) is 21.7 Å². The molecule has 0 saturated carbocycles. The minimum Gasteiger partial charge on any atom is -0.444 e. The molecule has 0 bridgehead atoms. The minimum atomic E-state index is -1.86. The summed E-state index contributed by atoms with van der Waals surface area (Å²) in [7, 11) is -1.86. The zero-order chi connectivity index (χ0) is 28.0. The van der Waals surface area contributed by atoms with Crippen LogP contribution in [-0.4, -0.2) is 4.89 Å². The van der Waals surface area contributed by atoms with Crippen molar-refractivity contribution in [3.8, 4) is 16.9 Å². The molecule has 0 spiro atoms. The van der Waals surface area contributed by atoms with Crippen LogP contribution in [0.15, 0.2) is 60.7 Å². The first-order valence-electron chi connectivity index (χ1n) is 13.4. The molecule has 0 radical (unpaired) electrons. The Kier molecular flexibility index (Phi) is 8.10. The summed E-state index contributed by atoms with van der Waals surface area (Å²) in [4.78, 5) is 11.5. The van der Waals surface area contributed by atoms with E-state index in [-0.39, 0.29) is 21.7 Å². The van der Waals surface area contributed by atoms with Gasteiger partial charge in [0.15, 0.2) is 0 Å². The Morgan fingerprint density at radius 1 is 0.568 bits per heavy atom. The fourth-order valence-electron chi connectivity index (χ4n) is 4.56.